The largest absolute Gasteiger partial charge is 0.444 e. The Labute approximate surface area is 129 Å². The maximum atomic E-state index is 12.1. The fourth-order valence-corrected chi connectivity index (χ4v) is 3.25. The number of anilines is 1. The summed E-state index contributed by atoms with van der Waals surface area (Å²) in [7, 11) is 0. The highest BCUT2D eigenvalue weighted by atomic mass is 32.1. The smallest absolute Gasteiger partial charge is 0.410 e. The Balaban J connectivity index is 1.99. The van der Waals surface area contributed by atoms with Crippen LogP contribution in [0.2, 0.25) is 0 Å². The second-order valence-corrected chi connectivity index (χ2v) is 7.28. The summed E-state index contributed by atoms with van der Waals surface area (Å²) < 4.78 is 5.42. The molecule has 1 atom stereocenters. The van der Waals surface area contributed by atoms with Crippen LogP contribution in [0.1, 0.15) is 32.6 Å². The number of hydrogen-bond acceptors (Lipinski definition) is 5. The second-order valence-electron chi connectivity index (χ2n) is 6.22. The third-order valence-electron chi connectivity index (χ3n) is 3.26. The van der Waals surface area contributed by atoms with Crippen molar-refractivity contribution in [2.75, 3.05) is 24.5 Å². The van der Waals surface area contributed by atoms with Crippen molar-refractivity contribution in [3.05, 3.63) is 17.0 Å². The highest BCUT2D eigenvalue weighted by Crippen LogP contribution is 2.29. The van der Waals surface area contributed by atoms with Crippen LogP contribution in [0.15, 0.2) is 12.1 Å². The van der Waals surface area contributed by atoms with Gasteiger partial charge in [-0.05, 0) is 39.8 Å². The topological polar surface area (TPSA) is 56.6 Å². The highest BCUT2D eigenvalue weighted by Gasteiger charge is 2.30. The van der Waals surface area contributed by atoms with Gasteiger partial charge in [-0.15, -0.1) is 11.3 Å². The molecule has 2 heterocycles. The molecule has 21 heavy (non-hydrogen) atoms. The third-order valence-corrected chi connectivity index (χ3v) is 4.29. The molecule has 1 saturated heterocycles. The fourth-order valence-electron chi connectivity index (χ4n) is 2.32. The zero-order valence-corrected chi connectivity index (χ0v) is 13.7. The van der Waals surface area contributed by atoms with Gasteiger partial charge in [0.05, 0.1) is 5.00 Å². The molecule has 0 aromatic carbocycles. The molecule has 2 rings (SSSR count). The number of amides is 1. The lowest BCUT2D eigenvalue weighted by Crippen LogP contribution is -2.54. The molecule has 1 aromatic rings. The van der Waals surface area contributed by atoms with Crippen molar-refractivity contribution >= 4 is 22.4 Å². The number of hydrogen-bond donors (Lipinski definition) is 0. The average Bonchev–Trinajstić information content (AvgIpc) is 2.85. The molecule has 0 saturated carbocycles. The number of nitrogens with zero attached hydrogens (tertiary/aromatic N) is 3. The molecular weight excluding hydrogens is 286 g/mol. The number of thiophene rings is 1. The molecule has 6 heteroatoms. The summed E-state index contributed by atoms with van der Waals surface area (Å²) in [6, 6.07) is 6.18. The molecule has 0 N–H and O–H groups in total. The Kier molecular flexibility index (Phi) is 4.43. The van der Waals surface area contributed by atoms with Gasteiger partial charge in [-0.25, -0.2) is 4.79 Å². The number of carbonyl (C=O) groups excluding carboxylic acids is 1. The van der Waals surface area contributed by atoms with Crippen molar-refractivity contribution in [1.29, 1.82) is 5.26 Å². The van der Waals surface area contributed by atoms with E-state index in [2.05, 4.69) is 17.9 Å². The van der Waals surface area contributed by atoms with E-state index in [4.69, 9.17) is 10.00 Å². The van der Waals surface area contributed by atoms with Crippen molar-refractivity contribution in [3.63, 3.8) is 0 Å². The van der Waals surface area contributed by atoms with E-state index in [1.54, 1.807) is 4.90 Å². The predicted octanol–water partition coefficient (Wildman–Crippen LogP) is 3.07. The molecular formula is C15H21N3O2S. The SMILES string of the molecule is C[C@@H]1CN(C(=O)OC(C)(C)C)CCN1c1ccc(C#N)s1. The molecule has 1 amide bonds. The van der Waals surface area contributed by atoms with Gasteiger partial charge >= 0.3 is 6.09 Å². The van der Waals surface area contributed by atoms with Crippen molar-refractivity contribution in [2.45, 2.75) is 39.3 Å². The molecule has 0 bridgehead atoms. The van der Waals surface area contributed by atoms with Gasteiger partial charge in [0.15, 0.2) is 0 Å². The maximum Gasteiger partial charge on any atom is 0.410 e. The Morgan fingerprint density at radius 2 is 2.14 bits per heavy atom. The minimum Gasteiger partial charge on any atom is -0.444 e. The van der Waals surface area contributed by atoms with Gasteiger partial charge in [0, 0.05) is 25.7 Å². The molecule has 1 fully saturated rings. The minimum absolute atomic E-state index is 0.205. The molecule has 0 radical (unpaired) electrons. The molecule has 0 unspecified atom stereocenters. The molecule has 1 aromatic heterocycles. The first-order valence-corrected chi connectivity index (χ1v) is 7.86. The predicted molar refractivity (Wildman–Crippen MR) is 83.6 cm³/mol. The van der Waals surface area contributed by atoms with Crippen LogP contribution in [0.5, 0.6) is 0 Å². The number of piperazine rings is 1. The van der Waals surface area contributed by atoms with Gasteiger partial charge in [-0.3, -0.25) is 0 Å². The van der Waals surface area contributed by atoms with Crippen LogP contribution < -0.4 is 4.90 Å². The van der Waals surface area contributed by atoms with Crippen LogP contribution >= 0.6 is 11.3 Å². The van der Waals surface area contributed by atoms with Crippen LogP contribution in [-0.2, 0) is 4.74 Å². The van der Waals surface area contributed by atoms with Crippen LogP contribution in [0.25, 0.3) is 0 Å². The normalized spacial score (nSPS) is 19.3. The van der Waals surface area contributed by atoms with E-state index in [0.717, 1.165) is 11.5 Å². The molecule has 1 aliphatic heterocycles. The molecule has 5 nitrogen and oxygen atoms in total. The van der Waals surface area contributed by atoms with Crippen molar-refractivity contribution in [3.8, 4) is 6.07 Å². The van der Waals surface area contributed by atoms with E-state index >= 15 is 0 Å². The third kappa shape index (κ3) is 3.88. The van der Waals surface area contributed by atoms with Gasteiger partial charge in [0.1, 0.15) is 16.5 Å². The molecule has 0 spiro atoms. The number of nitriles is 1. The Hall–Kier alpha value is -1.74. The van der Waals surface area contributed by atoms with Crippen LogP contribution in [0, 0.1) is 11.3 Å². The lowest BCUT2D eigenvalue weighted by Gasteiger charge is -2.40. The maximum absolute atomic E-state index is 12.1. The zero-order valence-electron chi connectivity index (χ0n) is 12.9. The van der Waals surface area contributed by atoms with E-state index in [1.807, 2.05) is 32.9 Å². The summed E-state index contributed by atoms with van der Waals surface area (Å²) in [5, 5.41) is 10.00. The monoisotopic (exact) mass is 307 g/mol. The summed E-state index contributed by atoms with van der Waals surface area (Å²) in [6.07, 6.45) is -0.252. The summed E-state index contributed by atoms with van der Waals surface area (Å²) in [5.41, 5.74) is -0.465. The quantitative estimate of drug-likeness (QED) is 0.800. The summed E-state index contributed by atoms with van der Waals surface area (Å²) in [5.74, 6) is 0. The van der Waals surface area contributed by atoms with E-state index in [1.165, 1.54) is 11.3 Å². The van der Waals surface area contributed by atoms with Crippen LogP contribution in [0.3, 0.4) is 0 Å². The number of ether oxygens (including phenoxy) is 1. The van der Waals surface area contributed by atoms with E-state index in [0.29, 0.717) is 18.0 Å². The highest BCUT2D eigenvalue weighted by molar-refractivity contribution is 7.16. The standard InChI is InChI=1S/C15H21N3O2S/c1-11-10-17(14(19)20-15(2,3)4)7-8-18(11)13-6-5-12(9-16)21-13/h5-6,11H,7-8,10H2,1-4H3/t11-/m1/s1. The number of rotatable bonds is 1. The molecule has 1 aliphatic rings. The van der Waals surface area contributed by atoms with Crippen molar-refractivity contribution in [2.24, 2.45) is 0 Å². The summed E-state index contributed by atoms with van der Waals surface area (Å²) in [6.45, 7) is 9.74. The Bertz CT molecular complexity index is 556. The van der Waals surface area contributed by atoms with E-state index in [9.17, 15) is 4.79 Å². The van der Waals surface area contributed by atoms with Gasteiger partial charge in [-0.1, -0.05) is 0 Å². The first-order chi connectivity index (χ1) is 9.80. The molecule has 114 valence electrons. The Morgan fingerprint density at radius 3 is 2.67 bits per heavy atom. The van der Waals surface area contributed by atoms with Crippen molar-refractivity contribution in [1.82, 2.24) is 4.90 Å². The van der Waals surface area contributed by atoms with Gasteiger partial charge in [0.2, 0.25) is 0 Å². The zero-order chi connectivity index (χ0) is 15.6. The number of carbonyl (C=O) groups is 1. The van der Waals surface area contributed by atoms with Crippen molar-refractivity contribution < 1.29 is 9.53 Å². The second kappa shape index (κ2) is 5.94. The first kappa shape index (κ1) is 15.6. The lowest BCUT2D eigenvalue weighted by atomic mass is 10.2. The Morgan fingerprint density at radius 1 is 1.43 bits per heavy atom. The summed E-state index contributed by atoms with van der Waals surface area (Å²) >= 11 is 1.49. The van der Waals surface area contributed by atoms with Gasteiger partial charge in [0.25, 0.3) is 0 Å². The van der Waals surface area contributed by atoms with Crippen LogP contribution in [-0.4, -0.2) is 42.3 Å². The van der Waals surface area contributed by atoms with Gasteiger partial charge < -0.3 is 14.5 Å². The van der Waals surface area contributed by atoms with E-state index < -0.39 is 5.60 Å². The molecule has 0 aliphatic carbocycles. The van der Waals surface area contributed by atoms with E-state index in [-0.39, 0.29) is 12.1 Å². The van der Waals surface area contributed by atoms with Crippen LogP contribution in [0.4, 0.5) is 9.80 Å². The first-order valence-electron chi connectivity index (χ1n) is 7.04. The lowest BCUT2D eigenvalue weighted by molar-refractivity contribution is 0.0219. The average molecular weight is 307 g/mol. The fraction of sp³-hybridized carbons (Fsp3) is 0.600. The van der Waals surface area contributed by atoms with Gasteiger partial charge in [-0.2, -0.15) is 5.26 Å². The minimum atomic E-state index is -0.465. The summed E-state index contributed by atoms with van der Waals surface area (Å²) in [4.78, 5) is 16.8.